The van der Waals surface area contributed by atoms with E-state index in [-0.39, 0.29) is 11.5 Å². The minimum Gasteiger partial charge on any atom is -0.321 e. The fourth-order valence-electron chi connectivity index (χ4n) is 2.65. The van der Waals surface area contributed by atoms with Gasteiger partial charge in [0.25, 0.3) is 11.8 Å². The van der Waals surface area contributed by atoms with Gasteiger partial charge in [-0.1, -0.05) is 42.5 Å². The zero-order chi connectivity index (χ0) is 19.2. The van der Waals surface area contributed by atoms with E-state index in [9.17, 15) is 9.59 Å². The van der Waals surface area contributed by atoms with Crippen LogP contribution in [0.4, 0.5) is 5.69 Å². The maximum Gasteiger partial charge on any atom is 0.274 e. The van der Waals surface area contributed by atoms with Crippen molar-refractivity contribution in [3.8, 4) is 11.1 Å². The lowest BCUT2D eigenvalue weighted by Crippen LogP contribution is -2.19. The SMILES string of the molecule is CSc1ccc(C(=O)NO)cc1NC(=O)c1ccc(-c2ccccc2)cc1. The first-order valence-corrected chi connectivity index (χ1v) is 9.44. The number of amides is 2. The number of carbonyl (C=O) groups excluding carboxylic acids is 2. The van der Waals surface area contributed by atoms with Crippen LogP contribution in [-0.2, 0) is 0 Å². The second-order valence-electron chi connectivity index (χ2n) is 5.75. The first-order chi connectivity index (χ1) is 13.1. The van der Waals surface area contributed by atoms with E-state index in [1.807, 2.05) is 48.7 Å². The van der Waals surface area contributed by atoms with Crippen molar-refractivity contribution in [2.45, 2.75) is 4.90 Å². The molecule has 0 atom stereocenters. The van der Waals surface area contributed by atoms with E-state index in [0.717, 1.165) is 16.0 Å². The van der Waals surface area contributed by atoms with E-state index in [0.29, 0.717) is 11.3 Å². The Morgan fingerprint density at radius 2 is 1.44 bits per heavy atom. The molecule has 27 heavy (non-hydrogen) atoms. The topological polar surface area (TPSA) is 78.4 Å². The number of rotatable bonds is 5. The second-order valence-corrected chi connectivity index (χ2v) is 6.60. The van der Waals surface area contributed by atoms with Gasteiger partial charge in [-0.25, -0.2) is 5.48 Å². The number of anilines is 1. The summed E-state index contributed by atoms with van der Waals surface area (Å²) in [5.74, 6) is -0.906. The van der Waals surface area contributed by atoms with Crippen LogP contribution in [0, 0.1) is 0 Å². The Morgan fingerprint density at radius 3 is 2.07 bits per heavy atom. The van der Waals surface area contributed by atoms with E-state index in [2.05, 4.69) is 5.32 Å². The molecule has 0 bridgehead atoms. The van der Waals surface area contributed by atoms with E-state index < -0.39 is 5.91 Å². The number of nitrogens with one attached hydrogen (secondary N) is 2. The van der Waals surface area contributed by atoms with Gasteiger partial charge in [0, 0.05) is 16.0 Å². The largest absolute Gasteiger partial charge is 0.321 e. The highest BCUT2D eigenvalue weighted by atomic mass is 32.2. The van der Waals surface area contributed by atoms with Crippen LogP contribution in [-0.4, -0.2) is 23.3 Å². The van der Waals surface area contributed by atoms with Crippen LogP contribution >= 0.6 is 11.8 Å². The van der Waals surface area contributed by atoms with Gasteiger partial charge in [0.2, 0.25) is 0 Å². The molecule has 2 amide bonds. The minimum absolute atomic E-state index is 0.255. The molecule has 136 valence electrons. The monoisotopic (exact) mass is 378 g/mol. The molecule has 3 aromatic carbocycles. The molecule has 5 nitrogen and oxygen atoms in total. The maximum absolute atomic E-state index is 12.6. The molecule has 3 N–H and O–H groups in total. The maximum atomic E-state index is 12.6. The highest BCUT2D eigenvalue weighted by Gasteiger charge is 2.13. The number of thioether (sulfide) groups is 1. The second kappa shape index (κ2) is 8.53. The first-order valence-electron chi connectivity index (χ1n) is 8.21. The van der Waals surface area contributed by atoms with Crippen LogP contribution in [0.2, 0.25) is 0 Å². The number of carbonyl (C=O) groups is 2. The van der Waals surface area contributed by atoms with Crippen molar-refractivity contribution in [2.75, 3.05) is 11.6 Å². The van der Waals surface area contributed by atoms with Gasteiger partial charge in [-0.2, -0.15) is 0 Å². The predicted octanol–water partition coefficient (Wildman–Crippen LogP) is 4.45. The average Bonchev–Trinajstić information content (AvgIpc) is 2.73. The fraction of sp³-hybridized carbons (Fsp3) is 0.0476. The van der Waals surface area contributed by atoms with Crippen LogP contribution in [0.1, 0.15) is 20.7 Å². The quantitative estimate of drug-likeness (QED) is 0.348. The molecule has 0 unspecified atom stereocenters. The Morgan fingerprint density at radius 1 is 0.815 bits per heavy atom. The number of hydrogen-bond acceptors (Lipinski definition) is 4. The van der Waals surface area contributed by atoms with Gasteiger partial charge in [0.15, 0.2) is 0 Å². The third-order valence-corrected chi connectivity index (χ3v) is 4.86. The van der Waals surface area contributed by atoms with Crippen molar-refractivity contribution in [3.05, 3.63) is 83.9 Å². The highest BCUT2D eigenvalue weighted by Crippen LogP contribution is 2.27. The Kier molecular flexibility index (Phi) is 5.90. The molecule has 3 aromatic rings. The van der Waals surface area contributed by atoms with Crippen molar-refractivity contribution >= 4 is 29.3 Å². The predicted molar refractivity (Wildman–Crippen MR) is 107 cm³/mol. The number of hydroxylamine groups is 1. The normalized spacial score (nSPS) is 10.3. The van der Waals surface area contributed by atoms with Gasteiger partial charge in [0.05, 0.1) is 5.69 Å². The Balaban J connectivity index is 1.82. The first kappa shape index (κ1) is 18.7. The molecule has 3 rings (SSSR count). The Labute approximate surface area is 161 Å². The van der Waals surface area contributed by atoms with Crippen molar-refractivity contribution in [1.82, 2.24) is 5.48 Å². The van der Waals surface area contributed by atoms with Crippen LogP contribution in [0.5, 0.6) is 0 Å². The molecule has 0 heterocycles. The van der Waals surface area contributed by atoms with Gasteiger partial charge in [-0.3, -0.25) is 14.8 Å². The van der Waals surface area contributed by atoms with Crippen LogP contribution in [0.15, 0.2) is 77.7 Å². The van der Waals surface area contributed by atoms with E-state index in [1.165, 1.54) is 17.8 Å². The van der Waals surface area contributed by atoms with Crippen molar-refractivity contribution in [3.63, 3.8) is 0 Å². The molecule has 0 aromatic heterocycles. The van der Waals surface area contributed by atoms with E-state index >= 15 is 0 Å². The van der Waals surface area contributed by atoms with Gasteiger partial charge < -0.3 is 5.32 Å². The summed E-state index contributed by atoms with van der Waals surface area (Å²) in [4.78, 5) is 25.0. The Bertz CT molecular complexity index is 957. The molecule has 0 aliphatic heterocycles. The van der Waals surface area contributed by atoms with Crippen LogP contribution in [0.3, 0.4) is 0 Å². The van der Waals surface area contributed by atoms with Gasteiger partial charge >= 0.3 is 0 Å². The molecule has 0 aliphatic carbocycles. The van der Waals surface area contributed by atoms with Crippen molar-refractivity contribution in [1.29, 1.82) is 0 Å². The molecule has 0 spiro atoms. The molecule has 0 aliphatic rings. The summed E-state index contributed by atoms with van der Waals surface area (Å²) in [7, 11) is 0. The van der Waals surface area contributed by atoms with Gasteiger partial charge in [-0.15, -0.1) is 11.8 Å². The van der Waals surface area contributed by atoms with Crippen molar-refractivity contribution in [2.24, 2.45) is 0 Å². The molecular formula is C21H18N2O3S. The standard InChI is InChI=1S/C21H18N2O3S/c1-27-19-12-11-17(21(25)23-26)13-18(19)22-20(24)16-9-7-15(8-10-16)14-5-3-2-4-6-14/h2-13,26H,1H3,(H,22,24)(H,23,25). The molecule has 0 fully saturated rings. The fourth-order valence-corrected chi connectivity index (χ4v) is 3.18. The molecule has 6 heteroatoms. The summed E-state index contributed by atoms with van der Waals surface area (Å²) in [5, 5.41) is 11.6. The Hall–Kier alpha value is -3.09. The summed E-state index contributed by atoms with van der Waals surface area (Å²) in [6.45, 7) is 0. The summed E-state index contributed by atoms with van der Waals surface area (Å²) in [5.41, 5.74) is 4.98. The lowest BCUT2D eigenvalue weighted by Gasteiger charge is -2.11. The van der Waals surface area contributed by atoms with E-state index in [1.54, 1.807) is 29.7 Å². The molecule has 0 saturated heterocycles. The summed E-state index contributed by atoms with van der Waals surface area (Å²) >= 11 is 1.45. The zero-order valence-electron chi connectivity index (χ0n) is 14.6. The summed E-state index contributed by atoms with van der Waals surface area (Å²) < 4.78 is 0. The number of hydrogen-bond donors (Lipinski definition) is 3. The lowest BCUT2D eigenvalue weighted by atomic mass is 10.0. The molecular weight excluding hydrogens is 360 g/mol. The number of benzene rings is 3. The van der Waals surface area contributed by atoms with Gasteiger partial charge in [-0.05, 0) is 47.7 Å². The van der Waals surface area contributed by atoms with E-state index in [4.69, 9.17) is 5.21 Å². The molecule has 0 radical (unpaired) electrons. The summed E-state index contributed by atoms with van der Waals surface area (Å²) in [6.07, 6.45) is 1.88. The van der Waals surface area contributed by atoms with Crippen molar-refractivity contribution < 1.29 is 14.8 Å². The third-order valence-electron chi connectivity index (χ3n) is 4.07. The zero-order valence-corrected chi connectivity index (χ0v) is 15.4. The highest BCUT2D eigenvalue weighted by molar-refractivity contribution is 7.98. The minimum atomic E-state index is -0.634. The average molecular weight is 378 g/mol. The smallest absolute Gasteiger partial charge is 0.274 e. The lowest BCUT2D eigenvalue weighted by molar-refractivity contribution is 0.0706. The van der Waals surface area contributed by atoms with Crippen LogP contribution in [0.25, 0.3) is 11.1 Å². The third kappa shape index (κ3) is 4.36. The van der Waals surface area contributed by atoms with Gasteiger partial charge in [0.1, 0.15) is 0 Å². The molecule has 0 saturated carbocycles. The summed E-state index contributed by atoms with van der Waals surface area (Å²) in [6, 6.07) is 22.1. The van der Waals surface area contributed by atoms with Crippen LogP contribution < -0.4 is 10.8 Å².